The molecule has 1 atom stereocenters. The molecule has 6 nitrogen and oxygen atoms in total. The van der Waals surface area contributed by atoms with Crippen molar-refractivity contribution in [1.29, 1.82) is 0 Å². The second-order valence-corrected chi connectivity index (χ2v) is 5.06. The van der Waals surface area contributed by atoms with Crippen LogP contribution in [-0.4, -0.2) is 23.5 Å². The van der Waals surface area contributed by atoms with Crippen molar-refractivity contribution in [1.82, 2.24) is 4.98 Å². The zero-order chi connectivity index (χ0) is 13.8. The molecule has 1 amide bonds. The number of rotatable bonds is 7. The third-order valence-electron chi connectivity index (χ3n) is 2.94. The number of pyridine rings is 1. The van der Waals surface area contributed by atoms with E-state index in [-0.39, 0.29) is 18.4 Å². The first-order chi connectivity index (χ1) is 9.04. The lowest BCUT2D eigenvalue weighted by molar-refractivity contribution is -0.118. The molecule has 0 aromatic carbocycles. The molecule has 19 heavy (non-hydrogen) atoms. The number of primary amides is 1. The van der Waals surface area contributed by atoms with Crippen LogP contribution in [0.4, 0.5) is 11.5 Å². The zero-order valence-corrected chi connectivity index (χ0v) is 11.1. The van der Waals surface area contributed by atoms with Crippen molar-refractivity contribution >= 4 is 17.4 Å². The molecule has 5 N–H and O–H groups in total. The van der Waals surface area contributed by atoms with E-state index in [9.17, 15) is 4.79 Å². The van der Waals surface area contributed by atoms with Crippen molar-refractivity contribution in [3.8, 4) is 5.88 Å². The minimum atomic E-state index is -0.347. The van der Waals surface area contributed by atoms with Crippen LogP contribution in [0.2, 0.25) is 0 Å². The van der Waals surface area contributed by atoms with Crippen LogP contribution < -0.4 is 21.5 Å². The summed E-state index contributed by atoms with van der Waals surface area (Å²) in [5, 5.41) is 3.10. The molecular formula is C13H20N4O2. The number of nitrogen functional groups attached to an aromatic ring is 1. The summed E-state index contributed by atoms with van der Waals surface area (Å²) < 4.78 is 5.60. The van der Waals surface area contributed by atoms with E-state index in [4.69, 9.17) is 16.2 Å². The van der Waals surface area contributed by atoms with Crippen LogP contribution in [0.1, 0.15) is 26.2 Å². The molecule has 0 saturated heterocycles. The maximum absolute atomic E-state index is 10.8. The van der Waals surface area contributed by atoms with Crippen molar-refractivity contribution in [2.45, 2.75) is 32.2 Å². The summed E-state index contributed by atoms with van der Waals surface area (Å²) in [6.45, 7) is 2.53. The average Bonchev–Trinajstić information content (AvgIpc) is 3.12. The van der Waals surface area contributed by atoms with E-state index in [0.29, 0.717) is 29.9 Å². The Morgan fingerprint density at radius 2 is 2.32 bits per heavy atom. The van der Waals surface area contributed by atoms with E-state index < -0.39 is 0 Å². The normalized spacial score (nSPS) is 15.8. The van der Waals surface area contributed by atoms with Crippen molar-refractivity contribution in [2.75, 3.05) is 17.7 Å². The molecule has 1 aromatic heterocycles. The van der Waals surface area contributed by atoms with E-state index >= 15 is 0 Å². The second-order valence-electron chi connectivity index (χ2n) is 5.06. The predicted molar refractivity (Wildman–Crippen MR) is 73.8 cm³/mol. The number of hydrogen-bond acceptors (Lipinski definition) is 5. The Kier molecular flexibility index (Phi) is 4.09. The molecule has 0 radical (unpaired) electrons. The van der Waals surface area contributed by atoms with Gasteiger partial charge in [-0.25, -0.2) is 0 Å². The van der Waals surface area contributed by atoms with Gasteiger partial charge in [0, 0.05) is 12.5 Å². The zero-order valence-electron chi connectivity index (χ0n) is 11.1. The van der Waals surface area contributed by atoms with Gasteiger partial charge in [-0.15, -0.1) is 0 Å². The Hall–Kier alpha value is -1.98. The van der Waals surface area contributed by atoms with Crippen LogP contribution in [-0.2, 0) is 4.79 Å². The summed E-state index contributed by atoms with van der Waals surface area (Å²) in [7, 11) is 0. The number of hydrogen-bond donors (Lipinski definition) is 3. The summed E-state index contributed by atoms with van der Waals surface area (Å²) in [6, 6.07) is 3.43. The van der Waals surface area contributed by atoms with Crippen LogP contribution in [0.25, 0.3) is 0 Å². The van der Waals surface area contributed by atoms with Crippen LogP contribution in [0.15, 0.2) is 12.1 Å². The van der Waals surface area contributed by atoms with Gasteiger partial charge in [0.15, 0.2) is 0 Å². The van der Waals surface area contributed by atoms with Gasteiger partial charge in [0.2, 0.25) is 11.8 Å². The van der Waals surface area contributed by atoms with Gasteiger partial charge in [-0.2, -0.15) is 4.98 Å². The van der Waals surface area contributed by atoms with Crippen LogP contribution in [0.3, 0.4) is 0 Å². The van der Waals surface area contributed by atoms with E-state index in [0.717, 1.165) is 0 Å². The van der Waals surface area contributed by atoms with Gasteiger partial charge in [-0.1, -0.05) is 0 Å². The summed E-state index contributed by atoms with van der Waals surface area (Å²) in [6.07, 6.45) is 2.69. The highest BCUT2D eigenvalue weighted by molar-refractivity contribution is 5.74. The smallest absolute Gasteiger partial charge is 0.239 e. The van der Waals surface area contributed by atoms with E-state index in [1.54, 1.807) is 12.1 Å². The molecule has 1 fully saturated rings. The number of nitrogens with one attached hydrogen (secondary N) is 1. The van der Waals surface area contributed by atoms with Gasteiger partial charge in [0.05, 0.1) is 12.3 Å². The lowest BCUT2D eigenvalue weighted by Crippen LogP contribution is -2.24. The highest BCUT2D eigenvalue weighted by Gasteiger charge is 2.22. The van der Waals surface area contributed by atoms with Gasteiger partial charge < -0.3 is 21.5 Å². The molecule has 1 aliphatic carbocycles. The molecule has 6 heteroatoms. The molecule has 2 rings (SSSR count). The predicted octanol–water partition coefficient (Wildman–Crippen LogP) is 1.13. The second kappa shape index (κ2) is 5.77. The minimum absolute atomic E-state index is 0.0788. The lowest BCUT2D eigenvalue weighted by Gasteiger charge is -2.14. The van der Waals surface area contributed by atoms with Gasteiger partial charge >= 0.3 is 0 Å². The van der Waals surface area contributed by atoms with Gasteiger partial charge in [-0.3, -0.25) is 4.79 Å². The first-order valence-electron chi connectivity index (χ1n) is 6.48. The quantitative estimate of drug-likeness (QED) is 0.685. The first kappa shape index (κ1) is 13.5. The molecule has 0 spiro atoms. The number of amides is 1. The topological polar surface area (TPSA) is 103 Å². The van der Waals surface area contributed by atoms with E-state index in [1.807, 2.05) is 6.92 Å². The van der Waals surface area contributed by atoms with Crippen LogP contribution in [0.5, 0.6) is 5.88 Å². The third-order valence-corrected chi connectivity index (χ3v) is 2.94. The Morgan fingerprint density at radius 3 is 2.95 bits per heavy atom. The number of nitrogens with two attached hydrogens (primary N) is 2. The van der Waals surface area contributed by atoms with Crippen molar-refractivity contribution in [2.24, 2.45) is 11.7 Å². The van der Waals surface area contributed by atoms with Crippen molar-refractivity contribution in [3.63, 3.8) is 0 Å². The molecular weight excluding hydrogens is 244 g/mol. The molecule has 104 valence electrons. The van der Waals surface area contributed by atoms with Crippen LogP contribution >= 0.6 is 0 Å². The number of anilines is 2. The highest BCUT2D eigenvalue weighted by Crippen LogP contribution is 2.30. The number of aromatic nitrogens is 1. The van der Waals surface area contributed by atoms with E-state index in [1.165, 1.54) is 12.8 Å². The third kappa shape index (κ3) is 4.31. The summed E-state index contributed by atoms with van der Waals surface area (Å²) in [5.41, 5.74) is 11.5. The molecule has 1 saturated carbocycles. The largest absolute Gasteiger partial charge is 0.476 e. The molecule has 1 aliphatic rings. The van der Waals surface area contributed by atoms with Gasteiger partial charge in [-0.05, 0) is 37.8 Å². The fourth-order valence-corrected chi connectivity index (χ4v) is 1.73. The number of nitrogens with zero attached hydrogens (tertiary/aromatic N) is 1. The fraction of sp³-hybridized carbons (Fsp3) is 0.538. The average molecular weight is 264 g/mol. The number of carbonyl (C=O) groups excluding carboxylic acids is 1. The summed E-state index contributed by atoms with van der Waals surface area (Å²) >= 11 is 0. The van der Waals surface area contributed by atoms with Crippen molar-refractivity contribution < 1.29 is 9.53 Å². The lowest BCUT2D eigenvalue weighted by atomic mass is 10.2. The minimum Gasteiger partial charge on any atom is -0.476 e. The number of carbonyl (C=O) groups is 1. The van der Waals surface area contributed by atoms with Crippen LogP contribution in [0, 0.1) is 5.92 Å². The first-order valence-corrected chi connectivity index (χ1v) is 6.48. The number of ether oxygens (including phenoxy) is 1. The van der Waals surface area contributed by atoms with E-state index in [2.05, 4.69) is 10.3 Å². The molecule has 1 heterocycles. The monoisotopic (exact) mass is 264 g/mol. The Bertz CT molecular complexity index is 460. The maximum Gasteiger partial charge on any atom is 0.239 e. The summed E-state index contributed by atoms with van der Waals surface area (Å²) in [5.74, 6) is 1.38. The SMILES string of the molecule is CC(CC(N)=O)Nc1ccc(N)c(OCC2CC2)n1. The Morgan fingerprint density at radius 1 is 1.58 bits per heavy atom. The fourth-order valence-electron chi connectivity index (χ4n) is 1.73. The Balaban J connectivity index is 1.96. The highest BCUT2D eigenvalue weighted by atomic mass is 16.5. The van der Waals surface area contributed by atoms with Gasteiger partial charge in [0.1, 0.15) is 5.82 Å². The van der Waals surface area contributed by atoms with Crippen molar-refractivity contribution in [3.05, 3.63) is 12.1 Å². The Labute approximate surface area is 112 Å². The molecule has 1 unspecified atom stereocenters. The maximum atomic E-state index is 10.8. The molecule has 0 bridgehead atoms. The molecule has 0 aliphatic heterocycles. The summed E-state index contributed by atoms with van der Waals surface area (Å²) in [4.78, 5) is 15.1. The van der Waals surface area contributed by atoms with Gasteiger partial charge in [0.25, 0.3) is 0 Å². The standard InChI is InChI=1S/C13H20N4O2/c1-8(6-11(15)18)16-12-5-4-10(14)13(17-12)19-7-9-2-3-9/h4-5,8-9H,2-3,6-7,14H2,1H3,(H2,15,18)(H,16,17). The molecule has 1 aromatic rings.